The Labute approximate surface area is 158 Å². The van der Waals surface area contributed by atoms with Crippen LogP contribution in [0.15, 0.2) is 91.0 Å². The fraction of sp³-hybridized carbons (Fsp3) is 0.143. The third kappa shape index (κ3) is 4.16. The van der Waals surface area contributed by atoms with E-state index in [4.69, 9.17) is 0 Å². The van der Waals surface area contributed by atoms with Crippen molar-refractivity contribution < 1.29 is 9.49 Å². The largest absolute Gasteiger partial charge is 0.296 e. The van der Waals surface area contributed by atoms with Crippen LogP contribution in [-0.4, -0.2) is 11.5 Å². The highest BCUT2D eigenvalue weighted by atomic mass is 31.2. The number of nitro groups is 1. The van der Waals surface area contributed by atoms with Gasteiger partial charge in [-0.15, -0.1) is 0 Å². The quantitative estimate of drug-likeness (QED) is 0.385. The first-order valence-corrected chi connectivity index (χ1v) is 10.3. The third-order valence-corrected chi connectivity index (χ3v) is 7.36. The fourth-order valence-corrected chi connectivity index (χ4v) is 5.79. The first kappa shape index (κ1) is 19.0. The van der Waals surface area contributed by atoms with E-state index in [0.717, 1.165) is 0 Å². The van der Waals surface area contributed by atoms with Crippen molar-refractivity contribution in [2.24, 2.45) is 0 Å². The van der Waals surface area contributed by atoms with Crippen molar-refractivity contribution in [3.63, 3.8) is 0 Å². The molecule has 6 heteroatoms. The molecule has 0 amide bonds. The Bertz CT molecular complexity index is 905. The summed E-state index contributed by atoms with van der Waals surface area (Å²) in [6.45, 7) is 1.34. The Kier molecular flexibility index (Phi) is 5.54. The van der Waals surface area contributed by atoms with Gasteiger partial charge in [-0.1, -0.05) is 66.7 Å². The lowest BCUT2D eigenvalue weighted by Crippen LogP contribution is -2.47. The van der Waals surface area contributed by atoms with Crippen molar-refractivity contribution in [1.82, 2.24) is 5.09 Å². The van der Waals surface area contributed by atoms with Crippen molar-refractivity contribution in [3.8, 4) is 0 Å². The molecule has 138 valence electrons. The maximum Gasteiger partial charge on any atom is 0.226 e. The molecule has 3 aromatic carbocycles. The summed E-state index contributed by atoms with van der Waals surface area (Å²) < 4.78 is 14.3. The predicted octanol–water partition coefficient (Wildman–Crippen LogP) is 3.70. The number of hydrogen-bond donors (Lipinski definition) is 1. The van der Waals surface area contributed by atoms with Gasteiger partial charge >= 0.3 is 0 Å². The second-order valence-corrected chi connectivity index (χ2v) is 9.06. The average Bonchev–Trinajstić information content (AvgIpc) is 2.69. The van der Waals surface area contributed by atoms with Gasteiger partial charge in [0.05, 0.1) is 0 Å². The molecule has 0 saturated carbocycles. The predicted molar refractivity (Wildman–Crippen MR) is 109 cm³/mol. The van der Waals surface area contributed by atoms with Gasteiger partial charge in [0.1, 0.15) is 5.54 Å². The lowest BCUT2D eigenvalue weighted by Gasteiger charge is -2.33. The van der Waals surface area contributed by atoms with Crippen LogP contribution in [0.1, 0.15) is 12.5 Å². The number of benzene rings is 3. The summed E-state index contributed by atoms with van der Waals surface area (Å²) in [6.07, 6.45) is 0. The number of hydrogen-bond acceptors (Lipinski definition) is 3. The molecule has 0 saturated heterocycles. The second kappa shape index (κ2) is 7.87. The van der Waals surface area contributed by atoms with Crippen LogP contribution < -0.4 is 15.7 Å². The molecule has 3 aromatic rings. The average molecular weight is 380 g/mol. The minimum Gasteiger partial charge on any atom is -0.296 e. The summed E-state index contributed by atoms with van der Waals surface area (Å²) in [5.41, 5.74) is -0.389. The summed E-state index contributed by atoms with van der Waals surface area (Å²) in [5, 5.41) is 15.8. The van der Waals surface area contributed by atoms with Crippen LogP contribution in [0.4, 0.5) is 0 Å². The van der Waals surface area contributed by atoms with Crippen LogP contribution >= 0.6 is 7.29 Å². The molecule has 0 heterocycles. The van der Waals surface area contributed by atoms with Gasteiger partial charge in [-0.2, -0.15) is 0 Å². The van der Waals surface area contributed by atoms with E-state index in [1.54, 1.807) is 31.2 Å². The van der Waals surface area contributed by atoms with Gasteiger partial charge in [-0.05, 0) is 36.8 Å². The summed E-state index contributed by atoms with van der Waals surface area (Å²) >= 11 is 0. The van der Waals surface area contributed by atoms with Crippen LogP contribution in [0.3, 0.4) is 0 Å². The summed E-state index contributed by atoms with van der Waals surface area (Å²) in [5.74, 6) is 0. The molecule has 0 aromatic heterocycles. The Morgan fingerprint density at radius 1 is 0.852 bits per heavy atom. The maximum atomic E-state index is 14.3. The maximum absolute atomic E-state index is 14.3. The topological polar surface area (TPSA) is 72.2 Å². The van der Waals surface area contributed by atoms with E-state index in [-0.39, 0.29) is 11.5 Å². The van der Waals surface area contributed by atoms with E-state index in [1.165, 1.54) is 0 Å². The highest BCUT2D eigenvalue weighted by molar-refractivity contribution is 7.77. The molecular weight excluding hydrogens is 359 g/mol. The molecular formula is C21H21N2O3P. The molecule has 5 nitrogen and oxygen atoms in total. The highest BCUT2D eigenvalue weighted by Crippen LogP contribution is 2.43. The molecule has 0 aliphatic rings. The number of nitrogens with one attached hydrogen (secondary N) is 1. The van der Waals surface area contributed by atoms with Crippen LogP contribution in [0, 0.1) is 10.1 Å². The molecule has 27 heavy (non-hydrogen) atoms. The molecule has 1 N–H and O–H groups in total. The minimum absolute atomic E-state index is 0.375. The molecule has 0 aliphatic carbocycles. The molecule has 1 unspecified atom stereocenters. The second-order valence-electron chi connectivity index (χ2n) is 6.58. The standard InChI is InChI=1S/C21H21N2O3P/c1-21(17-23(24)25,18-11-5-2-6-12-18)22-27(26,19-13-7-3-8-14-19)20-15-9-4-10-16-20/h2-16H,17H2,1H3,(H,22,26). The zero-order valence-corrected chi connectivity index (χ0v) is 15.9. The van der Waals surface area contributed by atoms with Crippen molar-refractivity contribution in [1.29, 1.82) is 0 Å². The van der Waals surface area contributed by atoms with Gasteiger partial charge in [0.2, 0.25) is 13.8 Å². The van der Waals surface area contributed by atoms with Gasteiger partial charge in [0.25, 0.3) is 0 Å². The molecule has 0 fully saturated rings. The van der Waals surface area contributed by atoms with Crippen molar-refractivity contribution in [2.45, 2.75) is 12.5 Å². The van der Waals surface area contributed by atoms with Crippen LogP contribution in [0.2, 0.25) is 0 Å². The van der Waals surface area contributed by atoms with Crippen molar-refractivity contribution in [3.05, 3.63) is 107 Å². The Morgan fingerprint density at radius 3 is 1.67 bits per heavy atom. The molecule has 3 rings (SSSR count). The fourth-order valence-electron chi connectivity index (χ4n) is 3.16. The summed E-state index contributed by atoms with van der Waals surface area (Å²) in [7, 11) is -3.32. The Morgan fingerprint density at radius 2 is 1.26 bits per heavy atom. The van der Waals surface area contributed by atoms with Gasteiger partial charge < -0.3 is 0 Å². The van der Waals surface area contributed by atoms with E-state index in [2.05, 4.69) is 5.09 Å². The molecule has 0 spiro atoms. The Hall–Kier alpha value is -2.75. The first-order valence-electron chi connectivity index (χ1n) is 8.62. The normalized spacial score (nSPS) is 13.7. The third-order valence-electron chi connectivity index (χ3n) is 4.50. The lowest BCUT2D eigenvalue weighted by atomic mass is 9.93. The molecule has 0 bridgehead atoms. The molecule has 1 atom stereocenters. The van der Waals surface area contributed by atoms with Crippen molar-refractivity contribution in [2.75, 3.05) is 6.54 Å². The lowest BCUT2D eigenvalue weighted by molar-refractivity contribution is -0.490. The van der Waals surface area contributed by atoms with Gasteiger partial charge in [0, 0.05) is 15.5 Å². The van der Waals surface area contributed by atoms with E-state index < -0.39 is 12.8 Å². The van der Waals surface area contributed by atoms with Gasteiger partial charge in [0.15, 0.2) is 0 Å². The summed E-state index contributed by atoms with van der Waals surface area (Å²) in [4.78, 5) is 11.0. The van der Waals surface area contributed by atoms with E-state index in [0.29, 0.717) is 16.2 Å². The highest BCUT2D eigenvalue weighted by Gasteiger charge is 2.40. The van der Waals surface area contributed by atoms with Crippen LogP contribution in [0.5, 0.6) is 0 Å². The molecule has 0 aliphatic heterocycles. The molecule has 0 radical (unpaired) electrons. The van der Waals surface area contributed by atoms with E-state index >= 15 is 0 Å². The Balaban J connectivity index is 2.15. The first-order chi connectivity index (χ1) is 12.9. The van der Waals surface area contributed by atoms with E-state index in [9.17, 15) is 14.7 Å². The number of rotatable bonds is 7. The zero-order chi connectivity index (χ0) is 19.3. The van der Waals surface area contributed by atoms with Crippen LogP contribution in [0.25, 0.3) is 0 Å². The van der Waals surface area contributed by atoms with Gasteiger partial charge in [-0.25, -0.2) is 5.09 Å². The van der Waals surface area contributed by atoms with Gasteiger partial charge in [-0.3, -0.25) is 14.7 Å². The SMILES string of the molecule is CC(C[N+](=O)[O-])(NP(=O)(c1ccccc1)c1ccccc1)c1ccccc1. The van der Waals surface area contributed by atoms with Crippen molar-refractivity contribution >= 4 is 17.9 Å². The number of nitrogens with zero attached hydrogens (tertiary/aromatic N) is 1. The van der Waals surface area contributed by atoms with E-state index in [1.807, 2.05) is 66.7 Å². The smallest absolute Gasteiger partial charge is 0.226 e. The monoisotopic (exact) mass is 380 g/mol. The van der Waals surface area contributed by atoms with Crippen LogP contribution in [-0.2, 0) is 10.1 Å². The summed E-state index contributed by atoms with van der Waals surface area (Å²) in [6, 6.07) is 27.3. The zero-order valence-electron chi connectivity index (χ0n) is 15.0. The minimum atomic E-state index is -3.32.